The van der Waals surface area contributed by atoms with E-state index in [1.807, 2.05) is 60.7 Å². The molecule has 5 heteroatoms. The first kappa shape index (κ1) is 16.8. The zero-order chi connectivity index (χ0) is 17.6. The zero-order valence-corrected chi connectivity index (χ0v) is 14.0. The summed E-state index contributed by atoms with van der Waals surface area (Å²) in [6.07, 6.45) is 2.93. The molecule has 1 atom stereocenters. The smallest absolute Gasteiger partial charge is 0.414 e. The lowest BCUT2D eigenvalue weighted by Gasteiger charge is -2.26. The summed E-state index contributed by atoms with van der Waals surface area (Å²) in [7, 11) is 1.68. The van der Waals surface area contributed by atoms with E-state index in [9.17, 15) is 9.59 Å². The van der Waals surface area contributed by atoms with Crippen LogP contribution in [0.1, 0.15) is 23.6 Å². The summed E-state index contributed by atoms with van der Waals surface area (Å²) in [5.74, 6) is -0.0523. The summed E-state index contributed by atoms with van der Waals surface area (Å²) in [6, 6.07) is 18.6. The Morgan fingerprint density at radius 2 is 1.68 bits per heavy atom. The molecule has 2 aromatic rings. The van der Waals surface area contributed by atoms with Crippen LogP contribution in [0.5, 0.6) is 0 Å². The molecule has 5 nitrogen and oxygen atoms in total. The van der Waals surface area contributed by atoms with Crippen LogP contribution in [0.2, 0.25) is 0 Å². The molecule has 0 N–H and O–H groups in total. The number of carbonyl (C=O) groups is 2. The second-order valence-electron chi connectivity index (χ2n) is 5.88. The lowest BCUT2D eigenvalue weighted by Crippen LogP contribution is -2.31. The maximum Gasteiger partial charge on any atom is 0.414 e. The van der Waals surface area contributed by atoms with Gasteiger partial charge in [-0.3, -0.25) is 9.69 Å². The first-order valence-corrected chi connectivity index (χ1v) is 8.13. The van der Waals surface area contributed by atoms with Gasteiger partial charge >= 0.3 is 6.09 Å². The minimum absolute atomic E-state index is 0.0523. The highest BCUT2D eigenvalue weighted by molar-refractivity contribution is 5.80. The molecule has 25 heavy (non-hydrogen) atoms. The SMILES string of the molecule is CN1C=CN(C(=O)OCc2ccccc2)C(c2ccccc2)CC1=O. The minimum atomic E-state index is -0.475. The van der Waals surface area contributed by atoms with Crippen molar-refractivity contribution in [2.45, 2.75) is 19.1 Å². The average molecular weight is 336 g/mol. The summed E-state index contributed by atoms with van der Waals surface area (Å²) < 4.78 is 5.45. The van der Waals surface area contributed by atoms with Gasteiger partial charge in [0.05, 0.1) is 12.5 Å². The van der Waals surface area contributed by atoms with Gasteiger partial charge in [0.1, 0.15) is 6.61 Å². The molecule has 0 spiro atoms. The second-order valence-corrected chi connectivity index (χ2v) is 5.88. The Balaban J connectivity index is 1.80. The van der Waals surface area contributed by atoms with Crippen molar-refractivity contribution in [2.24, 2.45) is 0 Å². The van der Waals surface area contributed by atoms with Crippen LogP contribution in [-0.4, -0.2) is 28.8 Å². The minimum Gasteiger partial charge on any atom is -0.444 e. The third-order valence-corrected chi connectivity index (χ3v) is 4.15. The summed E-state index contributed by atoms with van der Waals surface area (Å²) in [5.41, 5.74) is 1.81. The molecule has 2 amide bonds. The van der Waals surface area contributed by atoms with E-state index in [1.165, 1.54) is 9.80 Å². The summed E-state index contributed by atoms with van der Waals surface area (Å²) >= 11 is 0. The fraction of sp³-hybridized carbons (Fsp3) is 0.200. The van der Waals surface area contributed by atoms with Crippen LogP contribution in [0.4, 0.5) is 4.79 Å². The van der Waals surface area contributed by atoms with Crippen LogP contribution >= 0.6 is 0 Å². The molecule has 0 aromatic heterocycles. The average Bonchev–Trinajstić information content (AvgIpc) is 2.80. The molecule has 3 rings (SSSR count). The van der Waals surface area contributed by atoms with Gasteiger partial charge in [0.25, 0.3) is 0 Å². The predicted octanol–water partition coefficient (Wildman–Crippen LogP) is 3.70. The van der Waals surface area contributed by atoms with Crippen molar-refractivity contribution in [1.82, 2.24) is 9.80 Å². The van der Waals surface area contributed by atoms with E-state index in [2.05, 4.69) is 0 Å². The molecule has 1 unspecified atom stereocenters. The topological polar surface area (TPSA) is 49.9 Å². The van der Waals surface area contributed by atoms with Crippen molar-refractivity contribution in [3.05, 3.63) is 84.2 Å². The molecule has 0 fully saturated rings. The van der Waals surface area contributed by atoms with Crippen molar-refractivity contribution >= 4 is 12.0 Å². The van der Waals surface area contributed by atoms with E-state index in [0.717, 1.165) is 11.1 Å². The first-order valence-electron chi connectivity index (χ1n) is 8.13. The Morgan fingerprint density at radius 3 is 2.36 bits per heavy atom. The quantitative estimate of drug-likeness (QED) is 0.859. The van der Waals surface area contributed by atoms with Gasteiger partial charge < -0.3 is 9.64 Å². The molecule has 0 aliphatic carbocycles. The van der Waals surface area contributed by atoms with Crippen LogP contribution in [0, 0.1) is 0 Å². The van der Waals surface area contributed by atoms with Crippen LogP contribution in [-0.2, 0) is 16.1 Å². The summed E-state index contributed by atoms with van der Waals surface area (Å²) in [6.45, 7) is 0.190. The number of amides is 2. The van der Waals surface area contributed by atoms with E-state index in [4.69, 9.17) is 4.74 Å². The Bertz CT molecular complexity index is 759. The van der Waals surface area contributed by atoms with E-state index >= 15 is 0 Å². The van der Waals surface area contributed by atoms with Gasteiger partial charge in [-0.05, 0) is 11.1 Å². The fourth-order valence-corrected chi connectivity index (χ4v) is 2.70. The van der Waals surface area contributed by atoms with Crippen LogP contribution in [0.3, 0.4) is 0 Å². The van der Waals surface area contributed by atoms with Gasteiger partial charge in [-0.25, -0.2) is 4.79 Å². The van der Waals surface area contributed by atoms with Gasteiger partial charge in [-0.1, -0.05) is 60.7 Å². The molecule has 1 aliphatic rings. The highest BCUT2D eigenvalue weighted by Crippen LogP contribution is 2.28. The van der Waals surface area contributed by atoms with Crippen molar-refractivity contribution in [2.75, 3.05) is 7.05 Å². The van der Waals surface area contributed by atoms with E-state index in [1.54, 1.807) is 19.4 Å². The highest BCUT2D eigenvalue weighted by Gasteiger charge is 2.30. The number of ether oxygens (including phenoxy) is 1. The molecule has 0 saturated heterocycles. The number of benzene rings is 2. The van der Waals surface area contributed by atoms with Crippen LogP contribution in [0.25, 0.3) is 0 Å². The molecular formula is C20H20N2O3. The van der Waals surface area contributed by atoms with Gasteiger partial charge in [-0.2, -0.15) is 0 Å². The third kappa shape index (κ3) is 4.07. The monoisotopic (exact) mass is 336 g/mol. The van der Waals surface area contributed by atoms with Crippen molar-refractivity contribution in [3.63, 3.8) is 0 Å². The molecule has 0 bridgehead atoms. The van der Waals surface area contributed by atoms with E-state index in [0.29, 0.717) is 0 Å². The number of carbonyl (C=O) groups excluding carboxylic acids is 2. The Labute approximate surface area is 147 Å². The lowest BCUT2D eigenvalue weighted by molar-refractivity contribution is -0.128. The van der Waals surface area contributed by atoms with Crippen molar-refractivity contribution < 1.29 is 14.3 Å². The van der Waals surface area contributed by atoms with Gasteiger partial charge in [0, 0.05) is 19.4 Å². The van der Waals surface area contributed by atoms with Gasteiger partial charge in [-0.15, -0.1) is 0 Å². The fourth-order valence-electron chi connectivity index (χ4n) is 2.70. The highest BCUT2D eigenvalue weighted by atomic mass is 16.6. The zero-order valence-electron chi connectivity index (χ0n) is 14.0. The standard InChI is InChI=1S/C20H20N2O3/c1-21-12-13-22(20(24)25-15-16-8-4-2-5-9-16)18(14-19(21)23)17-10-6-3-7-11-17/h2-13,18H,14-15H2,1H3. The lowest BCUT2D eigenvalue weighted by atomic mass is 10.0. The molecule has 2 aromatic carbocycles. The van der Waals surface area contributed by atoms with E-state index in [-0.39, 0.29) is 18.9 Å². The van der Waals surface area contributed by atoms with Crippen molar-refractivity contribution in [1.29, 1.82) is 0 Å². The predicted molar refractivity (Wildman–Crippen MR) is 94.2 cm³/mol. The number of rotatable bonds is 3. The Morgan fingerprint density at radius 1 is 1.04 bits per heavy atom. The Kier molecular flexibility index (Phi) is 5.14. The van der Waals surface area contributed by atoms with Gasteiger partial charge in [0.15, 0.2) is 0 Å². The van der Waals surface area contributed by atoms with Crippen LogP contribution < -0.4 is 0 Å². The molecular weight excluding hydrogens is 316 g/mol. The van der Waals surface area contributed by atoms with Crippen molar-refractivity contribution in [3.8, 4) is 0 Å². The number of nitrogens with zero attached hydrogens (tertiary/aromatic N) is 2. The molecule has 0 radical (unpaired) electrons. The second kappa shape index (κ2) is 7.66. The Hall–Kier alpha value is -3.08. The molecule has 1 heterocycles. The number of hydrogen-bond acceptors (Lipinski definition) is 3. The molecule has 1 aliphatic heterocycles. The molecule has 0 saturated carbocycles. The number of hydrogen-bond donors (Lipinski definition) is 0. The van der Waals surface area contributed by atoms with Gasteiger partial charge in [0.2, 0.25) is 5.91 Å². The third-order valence-electron chi connectivity index (χ3n) is 4.15. The maximum absolute atomic E-state index is 12.6. The van der Waals surface area contributed by atoms with E-state index < -0.39 is 12.1 Å². The largest absolute Gasteiger partial charge is 0.444 e. The first-order chi connectivity index (χ1) is 12.1. The molecule has 128 valence electrons. The normalized spacial score (nSPS) is 17.3. The maximum atomic E-state index is 12.6. The summed E-state index contributed by atoms with van der Waals surface area (Å²) in [4.78, 5) is 27.9. The summed E-state index contributed by atoms with van der Waals surface area (Å²) in [5, 5.41) is 0. The van der Waals surface area contributed by atoms with Crippen LogP contribution in [0.15, 0.2) is 73.1 Å².